The fraction of sp³-hybridized carbons (Fsp3) is 0.250. The predicted molar refractivity (Wildman–Crippen MR) is 172 cm³/mol. The number of aromatic nitrogens is 1. The number of allylic oxidation sites excluding steroid dienone is 1. The zero-order valence-corrected chi connectivity index (χ0v) is 27.9. The Hall–Kier alpha value is -4.13. The molecule has 1 aliphatic rings. The minimum Gasteiger partial charge on any atom is -0.490 e. The number of nitrogens with zero attached hydrogens (tertiary/aromatic N) is 2. The number of esters is 2. The molecule has 0 bridgehead atoms. The molecule has 234 valence electrons. The molecule has 10 nitrogen and oxygen atoms in total. The molecule has 45 heavy (non-hydrogen) atoms. The van der Waals surface area contributed by atoms with Crippen LogP contribution < -0.4 is 24.4 Å². The van der Waals surface area contributed by atoms with E-state index in [1.807, 2.05) is 12.1 Å². The van der Waals surface area contributed by atoms with E-state index in [1.165, 1.54) is 23.0 Å². The minimum atomic E-state index is -0.881. The molecule has 0 aliphatic carbocycles. The van der Waals surface area contributed by atoms with E-state index in [0.717, 1.165) is 10.0 Å². The molecule has 1 atom stereocenters. The van der Waals surface area contributed by atoms with E-state index in [1.54, 1.807) is 63.2 Å². The number of ether oxygens (including phenoxy) is 4. The monoisotopic (exact) mass is 714 g/mol. The number of rotatable bonds is 10. The van der Waals surface area contributed by atoms with Crippen molar-refractivity contribution >= 4 is 56.9 Å². The van der Waals surface area contributed by atoms with Gasteiger partial charge in [-0.1, -0.05) is 35.1 Å². The Morgan fingerprint density at radius 1 is 1.09 bits per heavy atom. The lowest BCUT2D eigenvalue weighted by atomic mass is 9.95. The van der Waals surface area contributed by atoms with Gasteiger partial charge in [-0.2, -0.15) is 0 Å². The Morgan fingerprint density at radius 3 is 2.60 bits per heavy atom. The van der Waals surface area contributed by atoms with E-state index < -0.39 is 18.0 Å². The van der Waals surface area contributed by atoms with Crippen LogP contribution in [0, 0.1) is 0 Å². The van der Waals surface area contributed by atoms with Crippen LogP contribution >= 0.6 is 38.9 Å². The number of hydrogen-bond donors (Lipinski definition) is 0. The summed E-state index contributed by atoms with van der Waals surface area (Å²) in [5.41, 5.74) is 1.60. The Balaban J connectivity index is 1.61. The molecule has 0 radical (unpaired) electrons. The second-order valence-corrected chi connectivity index (χ2v) is 11.9. The van der Waals surface area contributed by atoms with Crippen LogP contribution in [0.4, 0.5) is 0 Å². The molecule has 4 aromatic rings. The van der Waals surface area contributed by atoms with Gasteiger partial charge in [-0.15, -0.1) is 0 Å². The van der Waals surface area contributed by atoms with Crippen LogP contribution in [0.1, 0.15) is 38.1 Å². The highest BCUT2D eigenvalue weighted by Gasteiger charge is 2.34. The zero-order chi connectivity index (χ0) is 32.2. The van der Waals surface area contributed by atoms with Gasteiger partial charge in [0.1, 0.15) is 11.5 Å². The van der Waals surface area contributed by atoms with Crippen molar-refractivity contribution in [2.24, 2.45) is 4.99 Å². The summed E-state index contributed by atoms with van der Waals surface area (Å²) >= 11 is 10.8. The number of benzene rings is 2. The maximum absolute atomic E-state index is 14.0. The molecule has 0 N–H and O–H groups in total. The van der Waals surface area contributed by atoms with Crippen LogP contribution in [0.5, 0.6) is 11.5 Å². The van der Waals surface area contributed by atoms with Crippen LogP contribution in [0.25, 0.3) is 17.4 Å². The minimum absolute atomic E-state index is 0.141. The maximum Gasteiger partial charge on any atom is 0.343 e. The molecule has 2 aromatic heterocycles. The van der Waals surface area contributed by atoms with Crippen LogP contribution in [0.15, 0.2) is 78.5 Å². The van der Waals surface area contributed by atoms with Crippen molar-refractivity contribution in [3.63, 3.8) is 0 Å². The largest absolute Gasteiger partial charge is 0.490 e. The molecular weight excluding hydrogens is 688 g/mol. The number of fused-ring (bicyclic) bond motifs is 1. The van der Waals surface area contributed by atoms with E-state index in [-0.39, 0.29) is 24.3 Å². The van der Waals surface area contributed by atoms with Crippen LogP contribution in [-0.2, 0) is 19.1 Å². The summed E-state index contributed by atoms with van der Waals surface area (Å²) < 4.78 is 30.1. The molecule has 0 fully saturated rings. The lowest BCUT2D eigenvalue weighted by molar-refractivity contribution is -0.143. The fourth-order valence-corrected chi connectivity index (χ4v) is 6.20. The molecule has 2 aromatic carbocycles. The topological polar surface area (TPSA) is 119 Å². The van der Waals surface area contributed by atoms with Crippen LogP contribution in [0.2, 0.25) is 5.02 Å². The van der Waals surface area contributed by atoms with Gasteiger partial charge in [0.05, 0.1) is 47.2 Å². The third-order valence-electron chi connectivity index (χ3n) is 6.78. The summed E-state index contributed by atoms with van der Waals surface area (Å²) in [5.74, 6) is 0.525. The number of furan rings is 1. The van der Waals surface area contributed by atoms with Crippen molar-refractivity contribution in [2.45, 2.75) is 26.8 Å². The highest BCUT2D eigenvalue weighted by molar-refractivity contribution is 9.10. The summed E-state index contributed by atoms with van der Waals surface area (Å²) in [6.45, 7) is 5.34. The lowest BCUT2D eigenvalue weighted by Gasteiger charge is -2.25. The van der Waals surface area contributed by atoms with Crippen molar-refractivity contribution in [3.05, 3.63) is 100 Å². The molecule has 0 amide bonds. The number of carbonyl (C=O) groups is 2. The summed E-state index contributed by atoms with van der Waals surface area (Å²) in [6.07, 6.45) is 1.64. The van der Waals surface area contributed by atoms with Gasteiger partial charge in [0.15, 0.2) is 22.9 Å². The lowest BCUT2D eigenvalue weighted by Crippen LogP contribution is -2.40. The van der Waals surface area contributed by atoms with Gasteiger partial charge in [0, 0.05) is 16.1 Å². The molecular formula is C32H28BrClN2O8S. The first-order valence-corrected chi connectivity index (χ1v) is 15.8. The predicted octanol–water partition coefficient (Wildman–Crippen LogP) is 5.42. The van der Waals surface area contributed by atoms with Gasteiger partial charge in [0.25, 0.3) is 5.56 Å². The second kappa shape index (κ2) is 13.9. The van der Waals surface area contributed by atoms with Crippen molar-refractivity contribution in [1.82, 2.24) is 4.57 Å². The summed E-state index contributed by atoms with van der Waals surface area (Å²) in [4.78, 5) is 44.0. The number of hydrogen-bond acceptors (Lipinski definition) is 10. The highest BCUT2D eigenvalue weighted by atomic mass is 79.9. The fourth-order valence-electron chi connectivity index (χ4n) is 4.75. The number of carbonyl (C=O) groups excluding carboxylic acids is 2. The molecule has 0 saturated carbocycles. The summed E-state index contributed by atoms with van der Waals surface area (Å²) in [6, 6.07) is 13.2. The van der Waals surface area contributed by atoms with Crippen molar-refractivity contribution in [1.29, 1.82) is 0 Å². The molecule has 0 unspecified atom stereocenters. The Labute approximate surface area is 275 Å². The first-order valence-electron chi connectivity index (χ1n) is 13.9. The zero-order valence-electron chi connectivity index (χ0n) is 24.7. The molecule has 5 rings (SSSR count). The summed E-state index contributed by atoms with van der Waals surface area (Å²) in [5, 5.41) is 0.544. The number of thiazole rings is 1. The molecule has 1 aliphatic heterocycles. The number of methoxy groups -OCH3 is 1. The first-order chi connectivity index (χ1) is 21.6. The average Bonchev–Trinajstić information content (AvgIpc) is 3.61. The van der Waals surface area contributed by atoms with Gasteiger partial charge >= 0.3 is 11.9 Å². The Bertz CT molecular complexity index is 1990. The van der Waals surface area contributed by atoms with Crippen LogP contribution in [0.3, 0.4) is 0 Å². The van der Waals surface area contributed by atoms with E-state index in [4.69, 9.17) is 30.2 Å². The summed E-state index contributed by atoms with van der Waals surface area (Å²) in [7, 11) is 1.27. The Kier molecular flexibility index (Phi) is 9.96. The molecule has 3 heterocycles. The smallest absolute Gasteiger partial charge is 0.343 e. The quantitative estimate of drug-likeness (QED) is 0.200. The van der Waals surface area contributed by atoms with E-state index in [0.29, 0.717) is 55.2 Å². The third kappa shape index (κ3) is 6.77. The SMILES string of the molecule is CCOC(=O)C1=C(C)N=c2s/c(=C\c3ccc(-c4ccc(Br)c(Cl)c4)o3)c(=O)n2[C@H]1c1ccc(OCC(=O)OC)c(OCC)c1. The van der Waals surface area contributed by atoms with Crippen molar-refractivity contribution < 1.29 is 33.0 Å². The van der Waals surface area contributed by atoms with E-state index in [9.17, 15) is 14.4 Å². The number of halogens is 2. The third-order valence-corrected chi connectivity index (χ3v) is 8.99. The van der Waals surface area contributed by atoms with Crippen LogP contribution in [-0.4, -0.2) is 43.4 Å². The van der Waals surface area contributed by atoms with Crippen molar-refractivity contribution in [3.8, 4) is 22.8 Å². The average molecular weight is 716 g/mol. The standard InChI is InChI=1S/C32H28BrClN2O8S/c1-5-41-25-14-19(8-11-24(25)43-16-27(37)40-4)29-28(31(39)42-6-2)17(3)35-32-36(29)30(38)26(45-32)15-20-9-12-23(44-20)18-7-10-21(33)22(34)13-18/h7-15,29H,5-6,16H2,1-4H3/b26-15-/t29-/m0/s1. The van der Waals surface area contributed by atoms with Gasteiger partial charge in [-0.05, 0) is 78.7 Å². The molecule has 0 saturated heterocycles. The van der Waals surface area contributed by atoms with E-state index >= 15 is 0 Å². The van der Waals surface area contributed by atoms with Gasteiger partial charge in [-0.25, -0.2) is 14.6 Å². The normalized spacial score (nSPS) is 14.5. The highest BCUT2D eigenvalue weighted by Crippen LogP contribution is 2.36. The Morgan fingerprint density at radius 2 is 1.89 bits per heavy atom. The van der Waals surface area contributed by atoms with Crippen molar-refractivity contribution in [2.75, 3.05) is 26.9 Å². The van der Waals surface area contributed by atoms with Gasteiger partial charge in [-0.3, -0.25) is 9.36 Å². The van der Waals surface area contributed by atoms with Gasteiger partial charge in [0.2, 0.25) is 0 Å². The molecule has 0 spiro atoms. The van der Waals surface area contributed by atoms with E-state index in [2.05, 4.69) is 25.7 Å². The van der Waals surface area contributed by atoms with Gasteiger partial charge < -0.3 is 23.4 Å². The second-order valence-electron chi connectivity index (χ2n) is 9.64. The molecule has 13 heteroatoms. The first kappa shape index (κ1) is 32.3. The maximum atomic E-state index is 14.0.